The second-order valence-electron chi connectivity index (χ2n) is 4.72. The maximum Gasteiger partial charge on any atom is 0.312 e. The number of aromatic nitrogens is 1. The average Bonchev–Trinajstić information content (AvgIpc) is 2.95. The summed E-state index contributed by atoms with van der Waals surface area (Å²) in [4.78, 5) is 18.6. The van der Waals surface area contributed by atoms with Gasteiger partial charge in [-0.15, -0.1) is 0 Å². The Morgan fingerprint density at radius 2 is 1.92 bits per heavy atom. The molecular formula is C16H10BrN3O4. The molecule has 3 rings (SSSR count). The number of nitro groups is 1. The summed E-state index contributed by atoms with van der Waals surface area (Å²) < 4.78 is 6.00. The highest BCUT2D eigenvalue weighted by Gasteiger charge is 2.14. The van der Waals surface area contributed by atoms with Crippen molar-refractivity contribution in [1.29, 1.82) is 0 Å². The molecule has 0 atom stereocenters. The molecule has 0 fully saturated rings. The first-order valence-electron chi connectivity index (χ1n) is 6.78. The van der Waals surface area contributed by atoms with Gasteiger partial charge in [-0.1, -0.05) is 12.1 Å². The van der Waals surface area contributed by atoms with E-state index < -0.39 is 4.92 Å². The van der Waals surface area contributed by atoms with E-state index in [4.69, 9.17) is 4.42 Å². The predicted octanol–water partition coefficient (Wildman–Crippen LogP) is 4.47. The van der Waals surface area contributed by atoms with Gasteiger partial charge in [0.05, 0.1) is 16.8 Å². The summed E-state index contributed by atoms with van der Waals surface area (Å²) in [6, 6.07) is 13.0. The Morgan fingerprint density at radius 3 is 2.58 bits per heavy atom. The van der Waals surface area contributed by atoms with Crippen LogP contribution in [0.4, 0.5) is 11.4 Å². The van der Waals surface area contributed by atoms with Crippen LogP contribution in [0.25, 0.3) is 11.5 Å². The normalized spacial score (nSPS) is 11.0. The van der Waals surface area contributed by atoms with Crippen molar-refractivity contribution in [3.8, 4) is 17.4 Å². The Kier molecular flexibility index (Phi) is 4.39. The van der Waals surface area contributed by atoms with Crippen LogP contribution in [-0.4, -0.2) is 21.2 Å². The quantitative estimate of drug-likeness (QED) is 0.404. The lowest BCUT2D eigenvalue weighted by molar-refractivity contribution is -0.384. The van der Waals surface area contributed by atoms with E-state index in [1.807, 2.05) is 18.2 Å². The highest BCUT2D eigenvalue weighted by Crippen LogP contribution is 2.28. The summed E-state index contributed by atoms with van der Waals surface area (Å²) >= 11 is 3.37. The highest BCUT2D eigenvalue weighted by atomic mass is 79.9. The van der Waals surface area contributed by atoms with Gasteiger partial charge in [-0.25, -0.2) is 4.98 Å². The van der Waals surface area contributed by atoms with Crippen molar-refractivity contribution < 1.29 is 14.4 Å². The summed E-state index contributed by atoms with van der Waals surface area (Å²) in [5.74, 6) is -0.227. The monoisotopic (exact) mass is 387 g/mol. The first kappa shape index (κ1) is 15.9. The third kappa shape index (κ3) is 3.33. The number of hydrogen-bond donors (Lipinski definition) is 1. The van der Waals surface area contributed by atoms with Crippen molar-refractivity contribution in [3.63, 3.8) is 0 Å². The van der Waals surface area contributed by atoms with Gasteiger partial charge in [0, 0.05) is 22.2 Å². The van der Waals surface area contributed by atoms with E-state index in [0.29, 0.717) is 11.3 Å². The van der Waals surface area contributed by atoms with Crippen LogP contribution in [0.5, 0.6) is 5.95 Å². The molecule has 1 heterocycles. The zero-order valence-corrected chi connectivity index (χ0v) is 13.7. The third-order valence-corrected chi connectivity index (χ3v) is 3.81. The first-order valence-corrected chi connectivity index (χ1v) is 7.57. The average molecular weight is 388 g/mol. The number of aromatic hydroxyl groups is 1. The van der Waals surface area contributed by atoms with Crippen LogP contribution in [-0.2, 0) is 0 Å². The van der Waals surface area contributed by atoms with Crippen LogP contribution in [0.2, 0.25) is 0 Å². The molecule has 1 N–H and O–H groups in total. The Labute approximate surface area is 144 Å². The van der Waals surface area contributed by atoms with Gasteiger partial charge in [0.1, 0.15) is 0 Å². The maximum absolute atomic E-state index is 10.7. The highest BCUT2D eigenvalue weighted by molar-refractivity contribution is 9.10. The van der Waals surface area contributed by atoms with Crippen molar-refractivity contribution in [2.75, 3.05) is 0 Å². The fourth-order valence-corrected chi connectivity index (χ4v) is 2.33. The van der Waals surface area contributed by atoms with Gasteiger partial charge >= 0.3 is 5.95 Å². The number of aliphatic imine (C=N–C) groups is 1. The number of oxazole rings is 1. The molecule has 0 amide bonds. The molecule has 24 heavy (non-hydrogen) atoms. The third-order valence-electron chi connectivity index (χ3n) is 3.14. The summed E-state index contributed by atoms with van der Waals surface area (Å²) in [7, 11) is 0. The molecule has 120 valence electrons. The van der Waals surface area contributed by atoms with Crippen molar-refractivity contribution in [1.82, 2.24) is 4.98 Å². The first-order chi connectivity index (χ1) is 11.5. The van der Waals surface area contributed by atoms with Gasteiger partial charge in [-0.2, -0.15) is 0 Å². The standard InChI is InChI=1S/C16H10BrN3O4/c17-12-3-1-2-4-13(12)18-9-14-16(21)24-15(19-14)10-5-7-11(8-6-10)20(22)23/h1-9,21H. The van der Waals surface area contributed by atoms with E-state index in [1.165, 1.54) is 30.5 Å². The van der Waals surface area contributed by atoms with E-state index in [0.717, 1.165) is 4.47 Å². The number of halogens is 1. The summed E-state index contributed by atoms with van der Waals surface area (Å²) in [6.45, 7) is 0. The minimum Gasteiger partial charge on any atom is -0.479 e. The maximum atomic E-state index is 10.7. The van der Waals surface area contributed by atoms with E-state index in [9.17, 15) is 15.2 Å². The minimum absolute atomic E-state index is 0.0368. The summed E-state index contributed by atoms with van der Waals surface area (Å²) in [5.41, 5.74) is 1.32. The van der Waals surface area contributed by atoms with Gasteiger partial charge in [-0.05, 0) is 40.2 Å². The molecule has 0 bridgehead atoms. The number of nitro benzene ring substituents is 1. The molecule has 0 spiro atoms. The fourth-order valence-electron chi connectivity index (χ4n) is 1.94. The molecule has 3 aromatic rings. The van der Waals surface area contributed by atoms with Crippen LogP contribution >= 0.6 is 15.9 Å². The zero-order chi connectivity index (χ0) is 17.1. The number of rotatable bonds is 4. The number of non-ortho nitro benzene ring substituents is 1. The Morgan fingerprint density at radius 1 is 1.21 bits per heavy atom. The van der Waals surface area contributed by atoms with Crippen LogP contribution in [0.15, 0.2) is 62.4 Å². The Bertz CT molecular complexity index is 919. The van der Waals surface area contributed by atoms with E-state index >= 15 is 0 Å². The molecule has 0 unspecified atom stereocenters. The molecule has 0 saturated heterocycles. The van der Waals surface area contributed by atoms with Gasteiger partial charge in [0.25, 0.3) is 5.69 Å². The molecule has 0 aliphatic rings. The second kappa shape index (κ2) is 6.63. The van der Waals surface area contributed by atoms with Gasteiger partial charge in [0.2, 0.25) is 5.89 Å². The molecule has 2 aromatic carbocycles. The SMILES string of the molecule is O=[N+]([O-])c1ccc(-c2nc(C=Nc3ccccc3Br)c(O)o2)cc1. The number of benzene rings is 2. The lowest BCUT2D eigenvalue weighted by atomic mass is 10.2. The fraction of sp³-hybridized carbons (Fsp3) is 0. The number of para-hydroxylation sites is 1. The van der Waals surface area contributed by atoms with Crippen molar-refractivity contribution in [3.05, 3.63) is 68.8 Å². The Hall–Kier alpha value is -3.00. The molecule has 0 radical (unpaired) electrons. The molecule has 1 aromatic heterocycles. The smallest absolute Gasteiger partial charge is 0.312 e. The topological polar surface area (TPSA) is 102 Å². The van der Waals surface area contributed by atoms with E-state index in [1.54, 1.807) is 6.07 Å². The molecule has 0 saturated carbocycles. The lowest BCUT2D eigenvalue weighted by Gasteiger charge is -1.95. The summed E-state index contributed by atoms with van der Waals surface area (Å²) in [5, 5.41) is 20.5. The van der Waals surface area contributed by atoms with E-state index in [-0.39, 0.29) is 23.2 Å². The van der Waals surface area contributed by atoms with Crippen LogP contribution in [0.1, 0.15) is 5.69 Å². The minimum atomic E-state index is -0.493. The molecule has 0 aliphatic heterocycles. The van der Waals surface area contributed by atoms with Gasteiger partial charge in [-0.3, -0.25) is 15.1 Å². The Balaban J connectivity index is 1.87. The zero-order valence-electron chi connectivity index (χ0n) is 12.1. The second-order valence-corrected chi connectivity index (χ2v) is 5.58. The van der Waals surface area contributed by atoms with Gasteiger partial charge in [0.15, 0.2) is 5.69 Å². The van der Waals surface area contributed by atoms with E-state index in [2.05, 4.69) is 25.9 Å². The molecule has 7 nitrogen and oxygen atoms in total. The van der Waals surface area contributed by atoms with Crippen LogP contribution in [0, 0.1) is 10.1 Å². The lowest BCUT2D eigenvalue weighted by Crippen LogP contribution is -1.87. The summed E-state index contributed by atoms with van der Waals surface area (Å²) in [6.07, 6.45) is 1.38. The molecule has 0 aliphatic carbocycles. The predicted molar refractivity (Wildman–Crippen MR) is 91.7 cm³/mol. The van der Waals surface area contributed by atoms with Crippen molar-refractivity contribution in [2.24, 2.45) is 4.99 Å². The van der Waals surface area contributed by atoms with Crippen molar-refractivity contribution in [2.45, 2.75) is 0 Å². The number of hydrogen-bond acceptors (Lipinski definition) is 6. The van der Waals surface area contributed by atoms with Crippen molar-refractivity contribution >= 4 is 33.5 Å². The number of nitrogens with zero attached hydrogens (tertiary/aromatic N) is 3. The van der Waals surface area contributed by atoms with Crippen LogP contribution < -0.4 is 0 Å². The van der Waals surface area contributed by atoms with Gasteiger partial charge < -0.3 is 9.52 Å². The van der Waals surface area contributed by atoms with Crippen LogP contribution in [0.3, 0.4) is 0 Å². The molecular weight excluding hydrogens is 378 g/mol. The largest absolute Gasteiger partial charge is 0.479 e. The molecule has 8 heteroatoms.